The van der Waals surface area contributed by atoms with Gasteiger partial charge in [0.25, 0.3) is 0 Å². The average Bonchev–Trinajstić information content (AvgIpc) is 2.53. The smallest absolute Gasteiger partial charge is 0.101 e. The number of nitrogens with two attached hydrogens (primary N) is 1. The lowest BCUT2D eigenvalue weighted by Gasteiger charge is -2.40. The van der Waals surface area contributed by atoms with Crippen LogP contribution in [0.5, 0.6) is 0 Å². The van der Waals surface area contributed by atoms with Gasteiger partial charge in [-0.25, -0.2) is 0 Å². The lowest BCUT2D eigenvalue weighted by Crippen LogP contribution is -2.82. The Hall–Kier alpha value is -1.06. The first-order valence-corrected chi connectivity index (χ1v) is 10.0. The van der Waals surface area contributed by atoms with E-state index in [0.717, 1.165) is 30.9 Å². The highest BCUT2D eigenvalue weighted by atomic mass is 16.5. The molecule has 3 nitrogen and oxygen atoms in total. The Labute approximate surface area is 155 Å². The minimum Gasteiger partial charge on any atom is -0.378 e. The molecule has 25 heavy (non-hydrogen) atoms. The number of benzene rings is 1. The van der Waals surface area contributed by atoms with Gasteiger partial charge in [0, 0.05) is 32.0 Å². The van der Waals surface area contributed by atoms with Gasteiger partial charge in [-0.15, -0.1) is 0 Å². The fourth-order valence-corrected chi connectivity index (χ4v) is 4.27. The molecule has 0 saturated carbocycles. The van der Waals surface area contributed by atoms with Crippen LogP contribution in [0.3, 0.4) is 0 Å². The van der Waals surface area contributed by atoms with Crippen molar-refractivity contribution in [3.63, 3.8) is 0 Å². The molecule has 142 valence electrons. The summed E-state index contributed by atoms with van der Waals surface area (Å²) in [7, 11) is 4.18. The van der Waals surface area contributed by atoms with Crippen LogP contribution in [0.4, 0.5) is 5.69 Å². The van der Waals surface area contributed by atoms with Gasteiger partial charge in [-0.1, -0.05) is 26.0 Å². The Kier molecular flexibility index (Phi) is 7.33. The summed E-state index contributed by atoms with van der Waals surface area (Å²) in [5.41, 5.74) is 2.75. The van der Waals surface area contributed by atoms with Gasteiger partial charge in [0.05, 0.1) is 12.1 Å². The summed E-state index contributed by atoms with van der Waals surface area (Å²) < 4.78 is 5.92. The molecular weight excluding hydrogens is 308 g/mol. The van der Waals surface area contributed by atoms with Crippen molar-refractivity contribution in [3.05, 3.63) is 29.8 Å². The molecule has 1 fully saturated rings. The van der Waals surface area contributed by atoms with Crippen LogP contribution >= 0.6 is 0 Å². The first-order valence-electron chi connectivity index (χ1n) is 10.0. The normalized spacial score (nSPS) is 21.3. The Morgan fingerprint density at radius 1 is 1.20 bits per heavy atom. The van der Waals surface area contributed by atoms with Crippen LogP contribution in [0.25, 0.3) is 0 Å². The minimum absolute atomic E-state index is 0.0634. The van der Waals surface area contributed by atoms with Crippen LogP contribution < -0.4 is 10.2 Å². The van der Waals surface area contributed by atoms with Crippen molar-refractivity contribution >= 4 is 5.69 Å². The van der Waals surface area contributed by atoms with Gasteiger partial charge in [-0.3, -0.25) is 0 Å². The summed E-state index contributed by atoms with van der Waals surface area (Å²) in [6.07, 6.45) is 3.76. The molecule has 2 N–H and O–H groups in total. The van der Waals surface area contributed by atoms with E-state index >= 15 is 0 Å². The molecule has 1 aromatic carbocycles. The Balaban J connectivity index is 1.79. The van der Waals surface area contributed by atoms with E-state index in [0.29, 0.717) is 0 Å². The number of rotatable bonds is 8. The summed E-state index contributed by atoms with van der Waals surface area (Å²) >= 11 is 0. The fraction of sp³-hybridized carbons (Fsp3) is 0.727. The lowest BCUT2D eigenvalue weighted by molar-refractivity contribution is -0.671. The van der Waals surface area contributed by atoms with Crippen molar-refractivity contribution in [1.82, 2.24) is 0 Å². The zero-order chi connectivity index (χ0) is 18.4. The number of ether oxygens (including phenoxy) is 1. The molecule has 1 aromatic rings. The van der Waals surface area contributed by atoms with Crippen LogP contribution in [0.15, 0.2) is 24.3 Å². The molecule has 1 heterocycles. The first-order chi connectivity index (χ1) is 11.8. The van der Waals surface area contributed by atoms with E-state index in [1.54, 1.807) is 0 Å². The monoisotopic (exact) mass is 347 g/mol. The highest BCUT2D eigenvalue weighted by Crippen LogP contribution is 2.37. The van der Waals surface area contributed by atoms with Gasteiger partial charge in [0.2, 0.25) is 0 Å². The SMILES string of the molecule is CC(C)[C@@H](CC[NH2+]Cc1ccc(N(C)C)cc1)[C@@H]1CCOC(C)(C)C1. The minimum atomic E-state index is 0.0634. The maximum Gasteiger partial charge on any atom is 0.101 e. The summed E-state index contributed by atoms with van der Waals surface area (Å²) in [6.45, 7) is 12.5. The number of nitrogens with zero attached hydrogens (tertiary/aromatic N) is 1. The largest absolute Gasteiger partial charge is 0.378 e. The molecular formula is C22H39N2O+. The third kappa shape index (κ3) is 6.31. The van der Waals surface area contributed by atoms with Crippen molar-refractivity contribution in [2.75, 3.05) is 32.1 Å². The number of hydrogen-bond acceptors (Lipinski definition) is 2. The van der Waals surface area contributed by atoms with Gasteiger partial charge in [0.1, 0.15) is 6.54 Å². The molecule has 0 radical (unpaired) electrons. The summed E-state index contributed by atoms with van der Waals surface area (Å²) in [5.74, 6) is 2.39. The van der Waals surface area contributed by atoms with Crippen LogP contribution in [0.2, 0.25) is 0 Å². The fourth-order valence-electron chi connectivity index (χ4n) is 4.27. The molecule has 1 aliphatic heterocycles. The van der Waals surface area contributed by atoms with Gasteiger partial charge in [-0.2, -0.15) is 0 Å². The van der Waals surface area contributed by atoms with E-state index in [1.807, 2.05) is 0 Å². The topological polar surface area (TPSA) is 29.1 Å². The van der Waals surface area contributed by atoms with Gasteiger partial charge < -0.3 is 15.0 Å². The third-order valence-corrected chi connectivity index (χ3v) is 5.73. The molecule has 1 saturated heterocycles. The Morgan fingerprint density at radius 3 is 2.44 bits per heavy atom. The predicted octanol–water partition coefficient (Wildman–Crippen LogP) is 3.68. The van der Waals surface area contributed by atoms with E-state index in [1.165, 1.54) is 37.1 Å². The van der Waals surface area contributed by atoms with Gasteiger partial charge >= 0.3 is 0 Å². The third-order valence-electron chi connectivity index (χ3n) is 5.73. The Bertz CT molecular complexity index is 507. The Morgan fingerprint density at radius 2 is 1.88 bits per heavy atom. The van der Waals surface area contributed by atoms with Crippen molar-refractivity contribution in [2.24, 2.45) is 17.8 Å². The average molecular weight is 348 g/mol. The maximum absolute atomic E-state index is 5.92. The highest BCUT2D eigenvalue weighted by Gasteiger charge is 2.34. The van der Waals surface area contributed by atoms with Crippen molar-refractivity contribution < 1.29 is 10.1 Å². The van der Waals surface area contributed by atoms with Crippen LogP contribution in [-0.4, -0.2) is 32.8 Å². The maximum atomic E-state index is 5.92. The van der Waals surface area contributed by atoms with E-state index in [2.05, 4.69) is 76.3 Å². The second-order valence-electron chi connectivity index (χ2n) is 8.90. The zero-order valence-corrected chi connectivity index (χ0v) is 17.2. The molecule has 1 aliphatic rings. The number of quaternary nitrogens is 1. The molecule has 0 amide bonds. The van der Waals surface area contributed by atoms with E-state index in [9.17, 15) is 0 Å². The second kappa shape index (κ2) is 9.05. The van der Waals surface area contributed by atoms with Crippen LogP contribution in [-0.2, 0) is 11.3 Å². The van der Waals surface area contributed by atoms with Crippen LogP contribution in [0, 0.1) is 17.8 Å². The van der Waals surface area contributed by atoms with Crippen molar-refractivity contribution in [2.45, 2.75) is 59.1 Å². The first kappa shape index (κ1) is 20.3. The number of anilines is 1. The lowest BCUT2D eigenvalue weighted by atomic mass is 9.73. The quantitative estimate of drug-likeness (QED) is 0.727. The van der Waals surface area contributed by atoms with Crippen molar-refractivity contribution in [1.29, 1.82) is 0 Å². The number of hydrogen-bond donors (Lipinski definition) is 1. The van der Waals surface area contributed by atoms with Gasteiger partial charge in [-0.05, 0) is 63.0 Å². The van der Waals surface area contributed by atoms with Crippen LogP contribution in [0.1, 0.15) is 52.5 Å². The molecule has 2 atom stereocenters. The van der Waals surface area contributed by atoms with Gasteiger partial charge in [0.15, 0.2) is 0 Å². The molecule has 0 bridgehead atoms. The molecule has 2 rings (SSSR count). The molecule has 0 spiro atoms. The highest BCUT2D eigenvalue weighted by molar-refractivity contribution is 5.45. The second-order valence-corrected chi connectivity index (χ2v) is 8.90. The van der Waals surface area contributed by atoms with Crippen molar-refractivity contribution in [3.8, 4) is 0 Å². The predicted molar refractivity (Wildman–Crippen MR) is 107 cm³/mol. The molecule has 0 unspecified atom stereocenters. The van der Waals surface area contributed by atoms with E-state index in [4.69, 9.17) is 4.74 Å². The molecule has 0 aromatic heterocycles. The zero-order valence-electron chi connectivity index (χ0n) is 17.2. The summed E-state index contributed by atoms with van der Waals surface area (Å²) in [6, 6.07) is 8.94. The standard InChI is InChI=1S/C22H38N2O/c1-17(2)21(19-12-14-25-22(3,4)15-19)11-13-23-16-18-7-9-20(10-8-18)24(5)6/h7-10,17,19,21,23H,11-16H2,1-6H3/p+1/t19-,21-/m1/s1. The molecule has 0 aliphatic carbocycles. The van der Waals surface area contributed by atoms with E-state index in [-0.39, 0.29) is 5.60 Å². The summed E-state index contributed by atoms with van der Waals surface area (Å²) in [5, 5.41) is 2.48. The van der Waals surface area contributed by atoms with E-state index < -0.39 is 0 Å². The summed E-state index contributed by atoms with van der Waals surface area (Å²) in [4.78, 5) is 2.15. The molecule has 3 heteroatoms.